The highest BCUT2D eigenvalue weighted by Gasteiger charge is 2.28. The SMILES string of the molecule is CC(C(=O)Nc1cccc(-c2ncc[nH]2)c1)C1CNC1. The van der Waals surface area contributed by atoms with E-state index in [4.69, 9.17) is 0 Å². The highest BCUT2D eigenvalue weighted by Crippen LogP contribution is 2.21. The van der Waals surface area contributed by atoms with E-state index >= 15 is 0 Å². The van der Waals surface area contributed by atoms with Crippen LogP contribution in [0.5, 0.6) is 0 Å². The number of amides is 1. The molecule has 1 atom stereocenters. The molecule has 2 heterocycles. The Hall–Kier alpha value is -2.14. The van der Waals surface area contributed by atoms with Gasteiger partial charge in [-0.3, -0.25) is 4.79 Å². The molecular formula is C15H18N4O. The van der Waals surface area contributed by atoms with Crippen molar-refractivity contribution >= 4 is 11.6 Å². The average Bonchev–Trinajstić information content (AvgIpc) is 2.90. The largest absolute Gasteiger partial charge is 0.345 e. The number of aromatic amines is 1. The van der Waals surface area contributed by atoms with Crippen molar-refractivity contribution in [2.45, 2.75) is 6.92 Å². The molecule has 0 aliphatic carbocycles. The number of nitrogens with one attached hydrogen (secondary N) is 3. The molecule has 1 unspecified atom stereocenters. The van der Waals surface area contributed by atoms with Crippen LogP contribution in [0.3, 0.4) is 0 Å². The maximum Gasteiger partial charge on any atom is 0.227 e. The number of hydrogen-bond acceptors (Lipinski definition) is 3. The van der Waals surface area contributed by atoms with Gasteiger partial charge in [-0.2, -0.15) is 0 Å². The van der Waals surface area contributed by atoms with E-state index in [1.807, 2.05) is 31.2 Å². The number of nitrogens with zero attached hydrogens (tertiary/aromatic N) is 1. The fourth-order valence-electron chi connectivity index (χ4n) is 2.30. The smallest absolute Gasteiger partial charge is 0.227 e. The highest BCUT2D eigenvalue weighted by atomic mass is 16.1. The quantitative estimate of drug-likeness (QED) is 0.794. The minimum absolute atomic E-state index is 0.0310. The number of hydrogen-bond donors (Lipinski definition) is 3. The Morgan fingerprint density at radius 1 is 1.45 bits per heavy atom. The number of H-pyrrole nitrogens is 1. The topological polar surface area (TPSA) is 69.8 Å². The lowest BCUT2D eigenvalue weighted by Crippen LogP contribution is -2.48. The van der Waals surface area contributed by atoms with Gasteiger partial charge >= 0.3 is 0 Å². The molecule has 1 aromatic carbocycles. The Bertz CT molecular complexity index is 590. The fraction of sp³-hybridized carbons (Fsp3) is 0.333. The molecule has 3 rings (SSSR count). The van der Waals surface area contributed by atoms with Crippen LogP contribution in [0.1, 0.15) is 6.92 Å². The molecule has 1 aliphatic rings. The summed E-state index contributed by atoms with van der Waals surface area (Å²) in [5, 5.41) is 6.18. The number of aromatic nitrogens is 2. The van der Waals surface area contributed by atoms with Crippen LogP contribution in [0.4, 0.5) is 5.69 Å². The summed E-state index contributed by atoms with van der Waals surface area (Å²) in [7, 11) is 0. The summed E-state index contributed by atoms with van der Waals surface area (Å²) < 4.78 is 0. The summed E-state index contributed by atoms with van der Waals surface area (Å²) in [6.07, 6.45) is 3.50. The van der Waals surface area contributed by atoms with Crippen molar-refractivity contribution in [1.29, 1.82) is 0 Å². The molecule has 1 fully saturated rings. The molecule has 0 saturated carbocycles. The number of imidazole rings is 1. The summed E-state index contributed by atoms with van der Waals surface area (Å²) in [5.41, 5.74) is 1.77. The van der Waals surface area contributed by atoms with Crippen molar-refractivity contribution in [3.8, 4) is 11.4 Å². The average molecular weight is 270 g/mol. The Morgan fingerprint density at radius 2 is 2.30 bits per heavy atom. The third kappa shape index (κ3) is 2.58. The van der Waals surface area contributed by atoms with Gasteiger partial charge in [-0.1, -0.05) is 19.1 Å². The summed E-state index contributed by atoms with van der Waals surface area (Å²) >= 11 is 0. The first-order valence-electron chi connectivity index (χ1n) is 6.85. The van der Waals surface area contributed by atoms with E-state index in [0.29, 0.717) is 5.92 Å². The standard InChI is InChI=1S/C15H18N4O/c1-10(12-8-16-9-12)15(20)19-13-4-2-3-11(7-13)14-17-5-6-18-14/h2-7,10,12,16H,8-9H2,1H3,(H,17,18)(H,19,20). The predicted molar refractivity (Wildman–Crippen MR) is 78.2 cm³/mol. The van der Waals surface area contributed by atoms with E-state index < -0.39 is 0 Å². The zero-order chi connectivity index (χ0) is 13.9. The van der Waals surface area contributed by atoms with Crippen LogP contribution in [0.2, 0.25) is 0 Å². The number of carbonyl (C=O) groups excluding carboxylic acids is 1. The second-order valence-corrected chi connectivity index (χ2v) is 5.21. The monoisotopic (exact) mass is 270 g/mol. The highest BCUT2D eigenvalue weighted by molar-refractivity contribution is 5.93. The first-order valence-corrected chi connectivity index (χ1v) is 6.85. The Kier molecular flexibility index (Phi) is 3.52. The molecule has 104 valence electrons. The molecule has 1 saturated heterocycles. The zero-order valence-electron chi connectivity index (χ0n) is 11.4. The number of benzene rings is 1. The molecule has 2 aromatic rings. The third-order valence-corrected chi connectivity index (χ3v) is 3.84. The minimum Gasteiger partial charge on any atom is -0.345 e. The van der Waals surface area contributed by atoms with Crippen LogP contribution < -0.4 is 10.6 Å². The van der Waals surface area contributed by atoms with Crippen LogP contribution in [0, 0.1) is 11.8 Å². The number of anilines is 1. The van der Waals surface area contributed by atoms with Crippen molar-refractivity contribution in [3.05, 3.63) is 36.7 Å². The fourth-order valence-corrected chi connectivity index (χ4v) is 2.30. The summed E-state index contributed by atoms with van der Waals surface area (Å²) in [4.78, 5) is 19.5. The van der Waals surface area contributed by atoms with E-state index in [1.165, 1.54) is 0 Å². The second-order valence-electron chi connectivity index (χ2n) is 5.21. The summed E-state index contributed by atoms with van der Waals surface area (Å²) in [5.74, 6) is 1.36. The van der Waals surface area contributed by atoms with Gasteiger partial charge in [-0.25, -0.2) is 4.98 Å². The van der Waals surface area contributed by atoms with E-state index in [2.05, 4.69) is 20.6 Å². The van der Waals surface area contributed by atoms with Crippen LogP contribution in [-0.2, 0) is 4.79 Å². The van der Waals surface area contributed by atoms with Gasteiger partial charge in [-0.15, -0.1) is 0 Å². The minimum atomic E-state index is 0.0310. The van der Waals surface area contributed by atoms with Crippen molar-refractivity contribution in [1.82, 2.24) is 15.3 Å². The van der Waals surface area contributed by atoms with Crippen LogP contribution >= 0.6 is 0 Å². The summed E-state index contributed by atoms with van der Waals surface area (Å²) in [6, 6.07) is 7.72. The maximum absolute atomic E-state index is 12.2. The van der Waals surface area contributed by atoms with Crippen molar-refractivity contribution < 1.29 is 4.79 Å². The molecule has 5 heteroatoms. The number of carbonyl (C=O) groups is 1. The molecule has 1 amide bonds. The molecule has 1 aromatic heterocycles. The number of rotatable bonds is 4. The Labute approximate surface area is 117 Å². The first-order chi connectivity index (χ1) is 9.74. The molecule has 0 bridgehead atoms. The molecule has 0 spiro atoms. The lowest BCUT2D eigenvalue weighted by molar-refractivity contribution is -0.121. The first kappa shape index (κ1) is 12.9. The van der Waals surface area contributed by atoms with Crippen molar-refractivity contribution in [2.24, 2.45) is 11.8 Å². The molecular weight excluding hydrogens is 252 g/mol. The van der Waals surface area contributed by atoms with E-state index in [0.717, 1.165) is 30.2 Å². The van der Waals surface area contributed by atoms with E-state index in [-0.39, 0.29) is 11.8 Å². The van der Waals surface area contributed by atoms with E-state index in [9.17, 15) is 4.79 Å². The van der Waals surface area contributed by atoms with Gasteiger partial charge in [0.15, 0.2) is 0 Å². The third-order valence-electron chi connectivity index (χ3n) is 3.84. The van der Waals surface area contributed by atoms with Gasteiger partial charge < -0.3 is 15.6 Å². The van der Waals surface area contributed by atoms with Crippen LogP contribution in [0.25, 0.3) is 11.4 Å². The van der Waals surface area contributed by atoms with E-state index in [1.54, 1.807) is 12.4 Å². The second kappa shape index (κ2) is 5.46. The Morgan fingerprint density at radius 3 is 2.95 bits per heavy atom. The molecule has 20 heavy (non-hydrogen) atoms. The zero-order valence-corrected chi connectivity index (χ0v) is 11.4. The summed E-state index contributed by atoms with van der Waals surface area (Å²) in [6.45, 7) is 3.85. The molecule has 0 radical (unpaired) electrons. The normalized spacial score (nSPS) is 16.4. The van der Waals surface area contributed by atoms with Gasteiger partial charge in [0.05, 0.1) is 0 Å². The maximum atomic E-state index is 12.2. The van der Waals surface area contributed by atoms with Crippen LogP contribution in [-0.4, -0.2) is 29.0 Å². The molecule has 1 aliphatic heterocycles. The van der Waals surface area contributed by atoms with Crippen molar-refractivity contribution in [2.75, 3.05) is 18.4 Å². The van der Waals surface area contributed by atoms with Gasteiger partial charge in [-0.05, 0) is 31.1 Å². The van der Waals surface area contributed by atoms with Gasteiger partial charge in [0, 0.05) is 29.6 Å². The van der Waals surface area contributed by atoms with Crippen LogP contribution in [0.15, 0.2) is 36.7 Å². The van der Waals surface area contributed by atoms with Gasteiger partial charge in [0.1, 0.15) is 5.82 Å². The lowest BCUT2D eigenvalue weighted by atomic mass is 9.88. The van der Waals surface area contributed by atoms with Gasteiger partial charge in [0.2, 0.25) is 5.91 Å². The molecule has 5 nitrogen and oxygen atoms in total. The van der Waals surface area contributed by atoms with Gasteiger partial charge in [0.25, 0.3) is 0 Å². The lowest BCUT2D eigenvalue weighted by Gasteiger charge is -2.31. The Balaban J connectivity index is 1.71. The predicted octanol–water partition coefficient (Wildman–Crippen LogP) is 1.87. The van der Waals surface area contributed by atoms with Crippen molar-refractivity contribution in [3.63, 3.8) is 0 Å². The molecule has 3 N–H and O–H groups in total.